The van der Waals surface area contributed by atoms with Gasteiger partial charge in [-0.05, 0) is 23.6 Å². The van der Waals surface area contributed by atoms with Gasteiger partial charge in [-0.3, -0.25) is 14.4 Å². The molecule has 6 N–H and O–H groups in total. The van der Waals surface area contributed by atoms with E-state index >= 15 is 0 Å². The Bertz CT molecular complexity index is 1330. The molecule has 8 heteroatoms. The Morgan fingerprint density at radius 1 is 1.00 bits per heavy atom. The standard InChI is InChI=1S/C26H23NO7.C2H6/c1-11-15-10-14-17(12-6-3-2-4-7-12)13-8-5-9-16(28)18(13)22(30)19(14)23(31)26(15,34)24(32)20(21(11)29)25(27)33;1-2/h2-9,11,14-15,17,28,30,32,34H,10H2,1H3,(H2,27,33);1-2H3/t11-,14+,15-,17-,26-;/m0./s1. The zero-order valence-electron chi connectivity index (χ0n) is 20.2. The number of carbonyl (C=O) groups excluding carboxylic acids is 3. The third-order valence-electron chi connectivity index (χ3n) is 7.58. The highest BCUT2D eigenvalue weighted by atomic mass is 16.3. The fourth-order valence-electron chi connectivity index (χ4n) is 5.99. The monoisotopic (exact) mass is 491 g/mol. The Morgan fingerprint density at radius 2 is 1.64 bits per heavy atom. The Kier molecular flexibility index (Phi) is 6.26. The number of hydrogen-bond donors (Lipinski definition) is 5. The van der Waals surface area contributed by atoms with E-state index in [-0.39, 0.29) is 23.3 Å². The summed E-state index contributed by atoms with van der Waals surface area (Å²) >= 11 is 0. The van der Waals surface area contributed by atoms with Gasteiger partial charge in [0.15, 0.2) is 11.4 Å². The third-order valence-corrected chi connectivity index (χ3v) is 7.58. The van der Waals surface area contributed by atoms with Crippen LogP contribution in [-0.2, 0) is 14.4 Å². The molecule has 2 aromatic carbocycles. The topological polar surface area (TPSA) is 158 Å². The molecule has 0 bridgehead atoms. The molecule has 3 aliphatic carbocycles. The third kappa shape index (κ3) is 3.28. The summed E-state index contributed by atoms with van der Waals surface area (Å²) < 4.78 is 0. The summed E-state index contributed by atoms with van der Waals surface area (Å²) in [5.41, 5.74) is 3.18. The normalized spacial score (nSPS) is 29.0. The van der Waals surface area contributed by atoms with Crippen LogP contribution >= 0.6 is 0 Å². The molecule has 1 fully saturated rings. The number of ketones is 2. The number of phenols is 1. The maximum atomic E-state index is 13.8. The molecule has 0 radical (unpaired) electrons. The van der Waals surface area contributed by atoms with Gasteiger partial charge in [0.25, 0.3) is 5.91 Å². The van der Waals surface area contributed by atoms with Crippen LogP contribution in [0.15, 0.2) is 65.4 Å². The Labute approximate surface area is 208 Å². The molecule has 36 heavy (non-hydrogen) atoms. The molecule has 188 valence electrons. The number of carbonyl (C=O) groups is 3. The highest BCUT2D eigenvalue weighted by molar-refractivity contribution is 6.23. The number of Topliss-reactive ketones (excluding diaryl/α,β-unsaturated/α-hetero) is 2. The molecule has 0 aliphatic heterocycles. The van der Waals surface area contributed by atoms with Crippen molar-refractivity contribution in [2.24, 2.45) is 23.5 Å². The SMILES string of the molecule is CC.C[C@@H]1C(=O)C(C(N)=O)=C(O)[C@@]2(O)C(=O)C3=C(O)c4c(O)cccc4[C@H](c4ccccc4)[C@H]3C[C@@H]12. The lowest BCUT2D eigenvalue weighted by Crippen LogP contribution is -2.61. The van der Waals surface area contributed by atoms with E-state index in [1.54, 1.807) is 12.1 Å². The van der Waals surface area contributed by atoms with Crippen molar-refractivity contribution in [2.75, 3.05) is 0 Å². The van der Waals surface area contributed by atoms with Crippen molar-refractivity contribution in [3.63, 3.8) is 0 Å². The molecule has 8 nitrogen and oxygen atoms in total. The molecule has 1 saturated carbocycles. The lowest BCUT2D eigenvalue weighted by molar-refractivity contribution is -0.152. The van der Waals surface area contributed by atoms with E-state index in [2.05, 4.69) is 0 Å². The molecule has 0 aromatic heterocycles. The predicted octanol–water partition coefficient (Wildman–Crippen LogP) is 3.29. The van der Waals surface area contributed by atoms with Gasteiger partial charge in [-0.25, -0.2) is 0 Å². The van der Waals surface area contributed by atoms with Gasteiger partial charge in [-0.2, -0.15) is 0 Å². The van der Waals surface area contributed by atoms with E-state index in [4.69, 9.17) is 5.73 Å². The first-order valence-corrected chi connectivity index (χ1v) is 12.0. The maximum absolute atomic E-state index is 13.8. The number of primary amides is 1. The molecule has 0 saturated heterocycles. The summed E-state index contributed by atoms with van der Waals surface area (Å²) in [5.74, 6) is -8.01. The average Bonchev–Trinajstić information content (AvgIpc) is 2.86. The molecule has 5 atom stereocenters. The van der Waals surface area contributed by atoms with E-state index in [1.165, 1.54) is 13.0 Å². The van der Waals surface area contributed by atoms with Crippen molar-refractivity contribution in [3.8, 4) is 5.75 Å². The molecule has 5 rings (SSSR count). The van der Waals surface area contributed by atoms with Gasteiger partial charge in [0.1, 0.15) is 22.8 Å². The van der Waals surface area contributed by atoms with Crippen LogP contribution in [0.25, 0.3) is 5.76 Å². The van der Waals surface area contributed by atoms with Crippen LogP contribution < -0.4 is 5.73 Å². The summed E-state index contributed by atoms with van der Waals surface area (Å²) in [7, 11) is 0. The fraction of sp³-hybridized carbons (Fsp3) is 0.321. The number of nitrogens with two attached hydrogens (primary N) is 1. The van der Waals surface area contributed by atoms with Gasteiger partial charge in [0.2, 0.25) is 5.78 Å². The van der Waals surface area contributed by atoms with Crippen molar-refractivity contribution in [3.05, 3.63) is 82.1 Å². The zero-order chi connectivity index (χ0) is 26.5. The molecule has 2 aromatic rings. The molecular formula is C28H29NO7. The van der Waals surface area contributed by atoms with Crippen LogP contribution in [0.5, 0.6) is 5.75 Å². The second-order valence-electron chi connectivity index (χ2n) is 9.18. The van der Waals surface area contributed by atoms with Gasteiger partial charge in [0, 0.05) is 29.2 Å². The first-order valence-electron chi connectivity index (χ1n) is 12.0. The van der Waals surface area contributed by atoms with Gasteiger partial charge in [-0.1, -0.05) is 63.2 Å². The average molecular weight is 492 g/mol. The maximum Gasteiger partial charge on any atom is 0.255 e. The first kappa shape index (κ1) is 25.2. The van der Waals surface area contributed by atoms with Crippen molar-refractivity contribution < 1.29 is 34.8 Å². The first-order chi connectivity index (χ1) is 17.1. The highest BCUT2D eigenvalue weighted by Gasteiger charge is 2.63. The largest absolute Gasteiger partial charge is 0.508 e. The van der Waals surface area contributed by atoms with Crippen molar-refractivity contribution in [2.45, 2.75) is 38.7 Å². The summed E-state index contributed by atoms with van der Waals surface area (Å²) in [6, 6.07) is 14.0. The number of amides is 1. The second-order valence-corrected chi connectivity index (χ2v) is 9.18. The quantitative estimate of drug-likeness (QED) is 0.403. The predicted molar refractivity (Wildman–Crippen MR) is 132 cm³/mol. The smallest absolute Gasteiger partial charge is 0.255 e. The molecule has 0 spiro atoms. The van der Waals surface area contributed by atoms with Crippen LogP contribution in [0.1, 0.15) is 49.8 Å². The molecule has 3 aliphatic rings. The zero-order valence-corrected chi connectivity index (χ0v) is 20.2. The van der Waals surface area contributed by atoms with Crippen LogP contribution in [0.4, 0.5) is 0 Å². The Morgan fingerprint density at radius 3 is 2.25 bits per heavy atom. The fourth-order valence-corrected chi connectivity index (χ4v) is 5.99. The number of aliphatic hydroxyl groups is 3. The number of aromatic hydroxyl groups is 1. The van der Waals surface area contributed by atoms with Crippen LogP contribution in [0.3, 0.4) is 0 Å². The molecule has 0 heterocycles. The van der Waals surface area contributed by atoms with Gasteiger partial charge < -0.3 is 26.2 Å². The Balaban J connectivity index is 0.00000148. The summed E-state index contributed by atoms with van der Waals surface area (Å²) in [4.78, 5) is 38.6. The van der Waals surface area contributed by atoms with Crippen LogP contribution in [0, 0.1) is 17.8 Å². The molecule has 1 amide bonds. The van der Waals surface area contributed by atoms with E-state index < -0.39 is 63.8 Å². The molecular weight excluding hydrogens is 462 g/mol. The van der Waals surface area contributed by atoms with Crippen molar-refractivity contribution in [1.82, 2.24) is 0 Å². The van der Waals surface area contributed by atoms with E-state index in [0.29, 0.717) is 5.56 Å². The number of benzene rings is 2. The van der Waals surface area contributed by atoms with E-state index in [9.17, 15) is 34.8 Å². The second kappa shape index (κ2) is 8.95. The Hall–Kier alpha value is -3.91. The summed E-state index contributed by atoms with van der Waals surface area (Å²) in [5, 5.41) is 44.1. The minimum atomic E-state index is -2.61. The van der Waals surface area contributed by atoms with Crippen LogP contribution in [-0.4, -0.2) is 43.5 Å². The highest BCUT2D eigenvalue weighted by Crippen LogP contribution is 2.57. The number of rotatable bonds is 2. The molecule has 0 unspecified atom stereocenters. The van der Waals surface area contributed by atoms with Crippen molar-refractivity contribution in [1.29, 1.82) is 0 Å². The van der Waals surface area contributed by atoms with Gasteiger partial charge in [-0.15, -0.1) is 0 Å². The van der Waals surface area contributed by atoms with Gasteiger partial charge in [0.05, 0.1) is 5.56 Å². The number of phenolic OH excluding ortho intramolecular Hbond substituents is 1. The van der Waals surface area contributed by atoms with E-state index in [0.717, 1.165) is 5.56 Å². The number of aliphatic hydroxyl groups excluding tert-OH is 2. The lowest BCUT2D eigenvalue weighted by atomic mass is 9.54. The summed E-state index contributed by atoms with van der Waals surface area (Å²) in [6.45, 7) is 5.48. The number of fused-ring (bicyclic) bond motifs is 3. The van der Waals surface area contributed by atoms with Crippen molar-refractivity contribution >= 4 is 23.2 Å². The number of hydrogen-bond acceptors (Lipinski definition) is 7. The van der Waals surface area contributed by atoms with E-state index in [1.807, 2.05) is 44.2 Å². The summed E-state index contributed by atoms with van der Waals surface area (Å²) in [6.07, 6.45) is 0.0549. The minimum absolute atomic E-state index is 0.0549. The van der Waals surface area contributed by atoms with Crippen LogP contribution in [0.2, 0.25) is 0 Å². The minimum Gasteiger partial charge on any atom is -0.508 e. The van der Waals surface area contributed by atoms with Gasteiger partial charge >= 0.3 is 0 Å². The lowest BCUT2D eigenvalue weighted by Gasteiger charge is -2.50.